The van der Waals surface area contributed by atoms with Gasteiger partial charge in [-0.2, -0.15) is 9.97 Å². The molecule has 2 aliphatic heterocycles. The minimum absolute atomic E-state index is 0.0365. The van der Waals surface area contributed by atoms with Crippen molar-refractivity contribution in [1.82, 2.24) is 34.1 Å². The maximum atomic E-state index is 13.5. The normalized spacial score (nSPS) is 23.6. The maximum absolute atomic E-state index is 13.5. The predicted octanol–water partition coefficient (Wildman–Crippen LogP) is 1.10. The topological polar surface area (TPSA) is 290 Å². The number of nitrogens with one attached hydrogen (secondary N) is 1. The summed E-state index contributed by atoms with van der Waals surface area (Å²) in [6, 6.07) is 16.2. The van der Waals surface area contributed by atoms with Crippen molar-refractivity contribution < 1.29 is 47.0 Å². The number of phosphoric acid groups is 1. The Morgan fingerprint density at radius 3 is 2.15 bits per heavy atom. The number of imidazole rings is 1. The molecule has 2 fully saturated rings. The largest absolute Gasteiger partial charge is 0.472 e. The first-order chi connectivity index (χ1) is 25.9. The highest BCUT2D eigenvalue weighted by Crippen LogP contribution is 2.49. The summed E-state index contributed by atoms with van der Waals surface area (Å²) in [5.41, 5.74) is 10.4. The lowest BCUT2D eigenvalue weighted by atomic mass is 10.1. The molecule has 0 amide bonds. The first kappa shape index (κ1) is 36.5. The zero-order valence-corrected chi connectivity index (χ0v) is 28.8. The van der Waals surface area contributed by atoms with Crippen LogP contribution in [-0.4, -0.2) is 88.5 Å². The van der Waals surface area contributed by atoms with Crippen LogP contribution in [0.15, 0.2) is 82.9 Å². The molecule has 0 aliphatic carbocycles. The van der Waals surface area contributed by atoms with Gasteiger partial charge >= 0.3 is 25.5 Å². The Balaban J connectivity index is 1.08. The molecule has 54 heavy (non-hydrogen) atoms. The second-order valence-electron chi connectivity index (χ2n) is 12.1. The zero-order valence-electron chi connectivity index (χ0n) is 27.9. The van der Waals surface area contributed by atoms with E-state index in [1.807, 2.05) is 0 Å². The van der Waals surface area contributed by atoms with Gasteiger partial charge in [0.05, 0.1) is 24.1 Å². The molecule has 21 nitrogen and oxygen atoms in total. The number of carbonyl (C=O) groups is 2. The van der Waals surface area contributed by atoms with E-state index >= 15 is 0 Å². The fraction of sp³-hybridized carbons (Fsp3) is 0.312. The number of rotatable bonds is 12. The van der Waals surface area contributed by atoms with Crippen LogP contribution in [0.3, 0.4) is 0 Å². The van der Waals surface area contributed by atoms with Crippen LogP contribution in [0.2, 0.25) is 0 Å². The Kier molecular flexibility index (Phi) is 10.3. The third-order valence-electron chi connectivity index (χ3n) is 8.50. The number of nitrogens with zero attached hydrogens (tertiary/aromatic N) is 6. The molecule has 0 saturated carbocycles. The fourth-order valence-corrected chi connectivity index (χ4v) is 6.91. The predicted molar refractivity (Wildman–Crippen MR) is 183 cm³/mol. The van der Waals surface area contributed by atoms with Crippen molar-refractivity contribution in [3.8, 4) is 0 Å². The van der Waals surface area contributed by atoms with Crippen molar-refractivity contribution in [3.63, 3.8) is 0 Å². The number of nitrogens with two attached hydrogens (primary N) is 2. The van der Waals surface area contributed by atoms with Crippen molar-refractivity contribution in [2.24, 2.45) is 0 Å². The Bertz CT molecular complexity index is 2320. The van der Waals surface area contributed by atoms with Gasteiger partial charge in [0.1, 0.15) is 49.8 Å². The highest BCUT2D eigenvalue weighted by molar-refractivity contribution is 7.47. The first-order valence-electron chi connectivity index (χ1n) is 16.3. The van der Waals surface area contributed by atoms with E-state index in [2.05, 4.69) is 24.9 Å². The lowest BCUT2D eigenvalue weighted by Crippen LogP contribution is -2.32. The monoisotopic (exact) mass is 765 g/mol. The van der Waals surface area contributed by atoms with Gasteiger partial charge in [0, 0.05) is 12.8 Å². The Morgan fingerprint density at radius 2 is 1.46 bits per heavy atom. The van der Waals surface area contributed by atoms with Gasteiger partial charge in [0.2, 0.25) is 11.9 Å². The van der Waals surface area contributed by atoms with Gasteiger partial charge in [0.25, 0.3) is 5.56 Å². The molecule has 22 heteroatoms. The summed E-state index contributed by atoms with van der Waals surface area (Å²) in [6.07, 6.45) is -4.48. The van der Waals surface area contributed by atoms with Crippen LogP contribution in [0, 0.1) is 0 Å². The van der Waals surface area contributed by atoms with Crippen molar-refractivity contribution in [3.05, 3.63) is 105 Å². The molecule has 5 aromatic rings. The molecular weight excluding hydrogens is 733 g/mol. The smallest absolute Gasteiger partial charge is 0.459 e. The zero-order chi connectivity index (χ0) is 38.0. The maximum Gasteiger partial charge on any atom is 0.472 e. The molecule has 0 radical (unpaired) electrons. The molecule has 0 spiro atoms. The van der Waals surface area contributed by atoms with E-state index in [0.717, 1.165) is 10.9 Å². The first-order valence-corrected chi connectivity index (χ1v) is 17.8. The number of hydrogen-bond donors (Lipinski definition) is 4. The number of fused-ring (bicyclic) bond motifs is 1. The molecule has 2 saturated heterocycles. The Labute approximate surface area is 303 Å². The van der Waals surface area contributed by atoms with Gasteiger partial charge in [-0.3, -0.25) is 28.0 Å². The summed E-state index contributed by atoms with van der Waals surface area (Å²) in [5, 5.41) is 0. The van der Waals surface area contributed by atoms with Crippen molar-refractivity contribution in [2.75, 3.05) is 24.7 Å². The van der Waals surface area contributed by atoms with Gasteiger partial charge in [-0.05, 0) is 24.3 Å². The Morgan fingerprint density at radius 1 is 0.852 bits per heavy atom. The summed E-state index contributed by atoms with van der Waals surface area (Å²) >= 11 is 0. The van der Waals surface area contributed by atoms with Gasteiger partial charge in [0.15, 0.2) is 11.2 Å². The number of aromatic amines is 1. The number of ether oxygens (including phenoxy) is 4. The second kappa shape index (κ2) is 15.3. The third kappa shape index (κ3) is 8.05. The summed E-state index contributed by atoms with van der Waals surface area (Å²) in [5.74, 6) is -1.85. The summed E-state index contributed by atoms with van der Waals surface area (Å²) < 4.78 is 50.1. The van der Waals surface area contributed by atoms with Crippen LogP contribution >= 0.6 is 7.82 Å². The average molecular weight is 766 g/mol. The van der Waals surface area contributed by atoms with E-state index in [4.69, 9.17) is 39.5 Å². The number of benzene rings is 2. The number of carbonyl (C=O) groups excluding carboxylic acids is 2. The molecule has 282 valence electrons. The van der Waals surface area contributed by atoms with Crippen LogP contribution in [0.4, 0.5) is 11.9 Å². The number of nitrogen functional groups attached to an aromatic ring is 2. The van der Waals surface area contributed by atoms with Gasteiger partial charge in [-0.25, -0.2) is 28.9 Å². The highest BCUT2D eigenvalue weighted by atomic mass is 31.2. The van der Waals surface area contributed by atoms with E-state index in [0.29, 0.717) is 0 Å². The van der Waals surface area contributed by atoms with E-state index < -0.39 is 81.1 Å². The summed E-state index contributed by atoms with van der Waals surface area (Å²) in [7, 11) is -5.00. The highest BCUT2D eigenvalue weighted by Gasteiger charge is 2.45. The third-order valence-corrected chi connectivity index (χ3v) is 9.52. The second-order valence-corrected chi connectivity index (χ2v) is 13.5. The number of esters is 2. The lowest BCUT2D eigenvalue weighted by molar-refractivity contribution is -0.0621. The van der Waals surface area contributed by atoms with Crippen LogP contribution in [0.1, 0.15) is 46.0 Å². The molecule has 6 N–H and O–H groups in total. The molecule has 7 rings (SSSR count). The molecular formula is C32H32N9O12P. The summed E-state index contributed by atoms with van der Waals surface area (Å²) in [6.45, 7) is -1.06. The molecule has 7 atom stereocenters. The molecule has 2 aliphatic rings. The molecule has 2 aromatic carbocycles. The number of anilines is 2. The lowest BCUT2D eigenvalue weighted by Gasteiger charge is -2.23. The summed E-state index contributed by atoms with van der Waals surface area (Å²) in [4.78, 5) is 79.6. The van der Waals surface area contributed by atoms with Gasteiger partial charge < -0.3 is 35.3 Å². The van der Waals surface area contributed by atoms with Crippen LogP contribution in [0.5, 0.6) is 0 Å². The SMILES string of the molecule is Nc1ncn([C@H]2C[C@@H](OC(=O)c3ccccc3)[C@@H](COP(=O)(O)OC3C[C@H](n4cnc5c(=O)[nH]c(N)nc54)O[C@@H]3COC(=O)c3ccccc3)O2)c(=O)n1. The minimum Gasteiger partial charge on any atom is -0.459 e. The van der Waals surface area contributed by atoms with Gasteiger partial charge in [-0.1, -0.05) is 36.4 Å². The van der Waals surface area contributed by atoms with Crippen LogP contribution < -0.4 is 22.7 Å². The quantitative estimate of drug-likeness (QED) is 0.102. The van der Waals surface area contributed by atoms with Crippen molar-refractivity contribution in [2.45, 2.75) is 49.7 Å². The molecule has 3 aromatic heterocycles. The van der Waals surface area contributed by atoms with Crippen molar-refractivity contribution in [1.29, 1.82) is 0 Å². The molecule has 0 bridgehead atoms. The molecule has 5 heterocycles. The van der Waals surface area contributed by atoms with Crippen LogP contribution in [0.25, 0.3) is 11.2 Å². The van der Waals surface area contributed by atoms with E-state index in [1.54, 1.807) is 48.5 Å². The number of hydrogen-bond acceptors (Lipinski definition) is 17. The average Bonchev–Trinajstić information content (AvgIpc) is 3.87. The van der Waals surface area contributed by atoms with Gasteiger partial charge in [-0.15, -0.1) is 0 Å². The fourth-order valence-electron chi connectivity index (χ4n) is 5.95. The minimum atomic E-state index is -5.00. The van der Waals surface area contributed by atoms with E-state index in [1.165, 1.54) is 23.0 Å². The van der Waals surface area contributed by atoms with Crippen molar-refractivity contribution >= 4 is 42.8 Å². The van der Waals surface area contributed by atoms with Crippen LogP contribution in [-0.2, 0) is 32.6 Å². The van der Waals surface area contributed by atoms with E-state index in [-0.39, 0.29) is 47.0 Å². The number of phosphoric ester groups is 1. The Hall–Kier alpha value is -5.83. The number of H-pyrrole nitrogens is 1. The number of aromatic nitrogens is 7. The standard InChI is InChI=1S/C32H32N9O12P/c33-30-36-16-41(32(45)39-30)24-11-19(52-29(44)18-9-5-2-6-10-18)22(51-24)14-49-54(46,47)53-20-12-23(40-15-35-25-26(40)37-31(34)38-27(25)42)50-21(20)13-48-28(43)17-7-3-1-4-8-17/h1-10,15-16,19-24H,11-14H2,(H,46,47)(H2,33,39,45)(H3,34,37,38,42)/t19-,20?,21-,22-,23-,24-/m1/s1. The van der Waals surface area contributed by atoms with E-state index in [9.17, 15) is 28.6 Å². The molecule has 2 unspecified atom stereocenters.